The fourth-order valence-corrected chi connectivity index (χ4v) is 23.4. The summed E-state index contributed by atoms with van der Waals surface area (Å²) >= 11 is 0. The van der Waals surface area contributed by atoms with Crippen LogP contribution in [-0.4, -0.2) is 89.7 Å². The van der Waals surface area contributed by atoms with Crippen molar-refractivity contribution < 1.29 is 40.9 Å². The van der Waals surface area contributed by atoms with E-state index < -0.39 is 0 Å². The Labute approximate surface area is 702 Å². The normalized spacial score (nSPS) is 33.6. The molecule has 0 spiro atoms. The van der Waals surface area contributed by atoms with Gasteiger partial charge < -0.3 is 40.9 Å². The molecule has 8 rings (SSSR count). The molecule has 8 saturated carbocycles. The fraction of sp³-hybridized carbons (Fsp3) is 1.00. The molecule has 8 fully saturated rings. The molecule has 112 heavy (non-hydrogen) atoms. The van der Waals surface area contributed by atoms with Crippen LogP contribution >= 0.6 is 0 Å². The van der Waals surface area contributed by atoms with Gasteiger partial charge in [-0.2, -0.15) is 0 Å². The van der Waals surface area contributed by atoms with Crippen molar-refractivity contribution in [3.8, 4) is 0 Å². The van der Waals surface area contributed by atoms with E-state index in [1.165, 1.54) is 250 Å². The van der Waals surface area contributed by atoms with Crippen molar-refractivity contribution in [3.63, 3.8) is 0 Å². The van der Waals surface area contributed by atoms with Crippen LogP contribution in [0, 0.1) is 142 Å². The van der Waals surface area contributed by atoms with Gasteiger partial charge in [0.15, 0.2) is 0 Å². The molecule has 8 nitrogen and oxygen atoms in total. The van der Waals surface area contributed by atoms with Gasteiger partial charge >= 0.3 is 0 Å². The SMILES string of the molecule is CCCC1CC(CC(C)C)CCC1O.CCCC1CC(O)CC(CC(C)C)C1.CCCC1CC(O)CCC1CC(C)C.CCCC1CCC(CC(C)C)C(O)C1.CCCC1CCC(CC(C)C)CC1O.CCCC1CCC(O)C(CC(C)C)C1.CCCC1CCCC(CC(C)C)C1O.CCCC1CCCC(O)C1CC(C)C. The lowest BCUT2D eigenvalue weighted by molar-refractivity contribution is 0.00521. The van der Waals surface area contributed by atoms with Crippen LogP contribution in [0.25, 0.3) is 0 Å². The largest absolute Gasteiger partial charge is 0.393 e. The summed E-state index contributed by atoms with van der Waals surface area (Å²) in [6.45, 7) is 54.4. The maximum Gasteiger partial charge on any atom is 0.0596 e. The van der Waals surface area contributed by atoms with E-state index in [1.54, 1.807) is 0 Å². The molecule has 24 unspecified atom stereocenters. The van der Waals surface area contributed by atoms with Gasteiger partial charge in [-0.25, -0.2) is 0 Å². The van der Waals surface area contributed by atoms with Crippen molar-refractivity contribution in [2.45, 2.75) is 523 Å². The molecule has 0 saturated heterocycles. The molecule has 0 amide bonds. The Morgan fingerprint density at radius 3 is 1.07 bits per heavy atom. The highest BCUT2D eigenvalue weighted by Gasteiger charge is 2.37. The first-order chi connectivity index (χ1) is 53.1. The molecule has 8 aliphatic rings. The number of rotatable bonds is 32. The molecular formula is C104H208O8. The van der Waals surface area contributed by atoms with Gasteiger partial charge in [0.1, 0.15) is 0 Å². The zero-order valence-corrected chi connectivity index (χ0v) is 80.0. The van der Waals surface area contributed by atoms with E-state index in [0.717, 1.165) is 158 Å². The zero-order chi connectivity index (χ0) is 84.4. The highest BCUT2D eigenvalue weighted by atomic mass is 16.3. The lowest BCUT2D eigenvalue weighted by atomic mass is 9.72. The molecule has 0 aromatic heterocycles. The average molecular weight is 1590 g/mol. The van der Waals surface area contributed by atoms with Gasteiger partial charge in [0, 0.05) is 0 Å². The fourth-order valence-electron chi connectivity index (χ4n) is 23.4. The van der Waals surface area contributed by atoms with Crippen molar-refractivity contribution in [1.82, 2.24) is 0 Å². The van der Waals surface area contributed by atoms with Crippen LogP contribution in [-0.2, 0) is 0 Å². The summed E-state index contributed by atoms with van der Waals surface area (Å²) in [5, 5.41) is 79.4. The lowest BCUT2D eigenvalue weighted by Gasteiger charge is -2.36. The minimum absolute atomic E-state index is 0.00152. The van der Waals surface area contributed by atoms with Crippen LogP contribution in [0.5, 0.6) is 0 Å². The third-order valence-corrected chi connectivity index (χ3v) is 28.2. The van der Waals surface area contributed by atoms with Crippen LogP contribution in [0.2, 0.25) is 0 Å². The quantitative estimate of drug-likeness (QED) is 0.0330. The molecule has 8 aliphatic carbocycles. The summed E-state index contributed by atoms with van der Waals surface area (Å²) in [4.78, 5) is 0. The summed E-state index contributed by atoms with van der Waals surface area (Å²) in [5.41, 5.74) is 0. The average Bonchev–Trinajstić information content (AvgIpc) is 0.863. The van der Waals surface area contributed by atoms with Gasteiger partial charge in [0.2, 0.25) is 0 Å². The summed E-state index contributed by atoms with van der Waals surface area (Å²) < 4.78 is 0. The van der Waals surface area contributed by atoms with Crippen molar-refractivity contribution in [1.29, 1.82) is 0 Å². The molecule has 0 bridgehead atoms. The number of hydrogen-bond donors (Lipinski definition) is 8. The minimum Gasteiger partial charge on any atom is -0.393 e. The Hall–Kier alpha value is -0.320. The maximum absolute atomic E-state index is 10.2. The Morgan fingerprint density at radius 1 is 0.196 bits per heavy atom. The molecule has 672 valence electrons. The summed E-state index contributed by atoms with van der Waals surface area (Å²) in [7, 11) is 0. The summed E-state index contributed by atoms with van der Waals surface area (Å²) in [6.07, 6.45) is 59.1. The number of hydrogen-bond acceptors (Lipinski definition) is 8. The monoisotopic (exact) mass is 1590 g/mol. The Bertz CT molecular complexity index is 2070. The van der Waals surface area contributed by atoms with Crippen LogP contribution in [0.15, 0.2) is 0 Å². The number of aliphatic hydroxyl groups is 8. The van der Waals surface area contributed by atoms with Crippen LogP contribution < -0.4 is 0 Å². The second-order valence-electron chi connectivity index (χ2n) is 43.3. The second-order valence-corrected chi connectivity index (χ2v) is 43.3. The van der Waals surface area contributed by atoms with Crippen molar-refractivity contribution in [3.05, 3.63) is 0 Å². The minimum atomic E-state index is -0.0114. The Kier molecular flexibility index (Phi) is 63.2. The molecule has 0 heterocycles. The first kappa shape index (κ1) is 110. The maximum atomic E-state index is 10.2. The molecular weight excluding hydrogens is 1380 g/mol. The molecule has 0 radical (unpaired) electrons. The molecule has 0 aliphatic heterocycles. The molecule has 8 N–H and O–H groups in total. The zero-order valence-electron chi connectivity index (χ0n) is 80.0. The van der Waals surface area contributed by atoms with Gasteiger partial charge in [-0.3, -0.25) is 0 Å². The van der Waals surface area contributed by atoms with Gasteiger partial charge in [-0.05, 0) is 354 Å². The van der Waals surface area contributed by atoms with Crippen molar-refractivity contribution in [2.24, 2.45) is 142 Å². The molecule has 8 heteroatoms. The first-order valence-corrected chi connectivity index (χ1v) is 50.5. The van der Waals surface area contributed by atoms with E-state index >= 15 is 0 Å². The second kappa shape index (κ2) is 64.5. The predicted molar refractivity (Wildman–Crippen MR) is 490 cm³/mol. The number of aliphatic hydroxyl groups excluding tert-OH is 8. The topological polar surface area (TPSA) is 162 Å². The van der Waals surface area contributed by atoms with E-state index in [1.807, 2.05) is 0 Å². The van der Waals surface area contributed by atoms with Crippen LogP contribution in [0.3, 0.4) is 0 Å². The Balaban J connectivity index is 0.000000640. The summed E-state index contributed by atoms with van der Waals surface area (Å²) in [6, 6.07) is 0. The van der Waals surface area contributed by atoms with Crippen LogP contribution in [0.1, 0.15) is 474 Å². The standard InChI is InChI=1S/8C13H26O/c1-4-6-11-7-5-8-13(14)12(11)9-10(2)3;1-4-6-11-7-5-8-12(13(11)14)9-10(2)3;1-4-5-11-7-12(6-10(2)3)9-13(14)8-11;1-4-5-12-9-11(8-10(2)3)6-7-13(12)14;1-4-5-12-7-6-11(8-10(2)3)9-13(12)14;1-4-5-11-9-13(14)7-6-12(11)8-10(2)3;1-4-5-11-6-7-13(14)12(9-11)8-10(2)3;1-4-5-11-6-7-12(8-10(2)3)13(14)9-11/h8*10-14H,4-9H2,1-3H3. The van der Waals surface area contributed by atoms with E-state index in [-0.39, 0.29) is 48.8 Å². The third kappa shape index (κ3) is 50.2. The van der Waals surface area contributed by atoms with Crippen molar-refractivity contribution in [2.75, 3.05) is 0 Å². The molecule has 24 atom stereocenters. The smallest absolute Gasteiger partial charge is 0.0596 e. The van der Waals surface area contributed by atoms with Gasteiger partial charge in [0.25, 0.3) is 0 Å². The molecule has 0 aromatic rings. The van der Waals surface area contributed by atoms with Gasteiger partial charge in [-0.1, -0.05) is 262 Å². The van der Waals surface area contributed by atoms with Crippen molar-refractivity contribution >= 4 is 0 Å². The third-order valence-electron chi connectivity index (χ3n) is 28.2. The first-order valence-electron chi connectivity index (χ1n) is 50.5. The van der Waals surface area contributed by atoms with Crippen LogP contribution in [0.4, 0.5) is 0 Å². The van der Waals surface area contributed by atoms with E-state index in [2.05, 4.69) is 166 Å². The highest BCUT2D eigenvalue weighted by Crippen LogP contribution is 2.43. The lowest BCUT2D eigenvalue weighted by Crippen LogP contribution is -2.34. The predicted octanol–water partition coefficient (Wildman–Crippen LogP) is 28.9. The Morgan fingerprint density at radius 2 is 0.545 bits per heavy atom. The molecule has 0 aromatic carbocycles. The van der Waals surface area contributed by atoms with Gasteiger partial charge in [0.05, 0.1) is 48.8 Å². The summed E-state index contributed by atoms with van der Waals surface area (Å²) in [5.74, 6) is 17.7. The van der Waals surface area contributed by atoms with E-state index in [0.29, 0.717) is 41.4 Å². The highest BCUT2D eigenvalue weighted by molar-refractivity contribution is 4.88. The van der Waals surface area contributed by atoms with E-state index in [4.69, 9.17) is 0 Å². The van der Waals surface area contributed by atoms with Gasteiger partial charge in [-0.15, -0.1) is 0 Å². The van der Waals surface area contributed by atoms with E-state index in [9.17, 15) is 40.9 Å².